The van der Waals surface area contributed by atoms with Crippen molar-refractivity contribution >= 4 is 22.6 Å². The molecule has 3 heterocycles. The standard InChI is InChI=1S/C13H15N7O2/c1-4-20-11-8(7(2)17-21-3)5-15-6-9(11)16-13(20)10-12(14)19-22-18-10/h5-6H,4H2,1-3H3,(H2,14,19)/b17-7+. The van der Waals surface area contributed by atoms with Gasteiger partial charge >= 0.3 is 0 Å². The molecule has 9 heteroatoms. The highest BCUT2D eigenvalue weighted by Crippen LogP contribution is 2.28. The molecule has 0 spiro atoms. The first-order chi connectivity index (χ1) is 10.7. The minimum absolute atomic E-state index is 0.196. The number of nitrogen functional groups attached to an aromatic ring is 1. The van der Waals surface area contributed by atoms with Gasteiger partial charge in [0.25, 0.3) is 0 Å². The van der Waals surface area contributed by atoms with Gasteiger partial charge < -0.3 is 15.1 Å². The third kappa shape index (κ3) is 2.07. The summed E-state index contributed by atoms with van der Waals surface area (Å²) in [5.41, 5.74) is 9.31. The average molecular weight is 301 g/mol. The Labute approximate surface area is 125 Å². The fraction of sp³-hybridized carbons (Fsp3) is 0.308. The summed E-state index contributed by atoms with van der Waals surface area (Å²) in [6.07, 6.45) is 3.40. The van der Waals surface area contributed by atoms with E-state index in [0.29, 0.717) is 29.3 Å². The van der Waals surface area contributed by atoms with Crippen LogP contribution in [0.25, 0.3) is 22.6 Å². The van der Waals surface area contributed by atoms with Crippen LogP contribution in [-0.2, 0) is 11.4 Å². The maximum Gasteiger partial charge on any atom is 0.199 e. The lowest BCUT2D eigenvalue weighted by Crippen LogP contribution is -2.04. The van der Waals surface area contributed by atoms with Crippen molar-refractivity contribution in [1.29, 1.82) is 0 Å². The van der Waals surface area contributed by atoms with E-state index < -0.39 is 0 Å². The molecular weight excluding hydrogens is 286 g/mol. The molecule has 3 aromatic heterocycles. The second kappa shape index (κ2) is 5.43. The third-order valence-corrected chi connectivity index (χ3v) is 3.31. The van der Waals surface area contributed by atoms with Crippen molar-refractivity contribution in [2.75, 3.05) is 12.8 Å². The van der Waals surface area contributed by atoms with E-state index in [-0.39, 0.29) is 5.82 Å². The molecule has 2 N–H and O–H groups in total. The van der Waals surface area contributed by atoms with Gasteiger partial charge in [-0.1, -0.05) is 5.16 Å². The van der Waals surface area contributed by atoms with E-state index in [4.69, 9.17) is 10.6 Å². The molecule has 0 unspecified atom stereocenters. The molecule has 0 fully saturated rings. The van der Waals surface area contributed by atoms with E-state index in [1.54, 1.807) is 12.4 Å². The third-order valence-electron chi connectivity index (χ3n) is 3.31. The molecule has 3 rings (SSSR count). The van der Waals surface area contributed by atoms with E-state index in [0.717, 1.165) is 11.1 Å². The summed E-state index contributed by atoms with van der Waals surface area (Å²) in [6, 6.07) is 0. The predicted octanol–water partition coefficient (Wildman–Crippen LogP) is 1.45. The summed E-state index contributed by atoms with van der Waals surface area (Å²) in [7, 11) is 1.50. The first kappa shape index (κ1) is 14.0. The van der Waals surface area contributed by atoms with Crippen LogP contribution in [0.15, 0.2) is 22.2 Å². The van der Waals surface area contributed by atoms with Crippen molar-refractivity contribution < 1.29 is 9.47 Å². The molecule has 0 aliphatic rings. The molecule has 9 nitrogen and oxygen atoms in total. The highest BCUT2D eigenvalue weighted by atomic mass is 16.6. The predicted molar refractivity (Wildman–Crippen MR) is 80.1 cm³/mol. The summed E-state index contributed by atoms with van der Waals surface area (Å²) < 4.78 is 6.64. The average Bonchev–Trinajstić information content (AvgIpc) is 3.09. The lowest BCUT2D eigenvalue weighted by Gasteiger charge is -2.07. The number of aromatic nitrogens is 5. The molecule has 0 saturated carbocycles. The summed E-state index contributed by atoms with van der Waals surface area (Å²) in [6.45, 7) is 4.51. The smallest absolute Gasteiger partial charge is 0.199 e. The van der Waals surface area contributed by atoms with E-state index in [2.05, 4.69) is 30.1 Å². The number of pyridine rings is 1. The number of nitrogens with zero attached hydrogens (tertiary/aromatic N) is 6. The summed E-state index contributed by atoms with van der Waals surface area (Å²) in [5, 5.41) is 11.4. The Kier molecular flexibility index (Phi) is 3.45. The summed E-state index contributed by atoms with van der Waals surface area (Å²) in [4.78, 5) is 13.6. The fourth-order valence-electron chi connectivity index (χ4n) is 2.38. The minimum atomic E-state index is 0.196. The van der Waals surface area contributed by atoms with Gasteiger partial charge in [-0.3, -0.25) is 4.98 Å². The van der Waals surface area contributed by atoms with Crippen molar-refractivity contribution in [3.63, 3.8) is 0 Å². The van der Waals surface area contributed by atoms with Crippen molar-refractivity contribution in [1.82, 2.24) is 24.8 Å². The van der Waals surface area contributed by atoms with Gasteiger partial charge in [-0.15, -0.1) is 0 Å². The maximum absolute atomic E-state index is 5.78. The Morgan fingerprint density at radius 3 is 2.86 bits per heavy atom. The van der Waals surface area contributed by atoms with E-state index in [1.807, 2.05) is 18.4 Å². The topological polar surface area (TPSA) is 117 Å². The molecule has 114 valence electrons. The summed E-state index contributed by atoms with van der Waals surface area (Å²) in [5.74, 6) is 0.775. The SMILES string of the molecule is CCn1c(-c2nonc2N)nc2cncc(/C(C)=N/OC)c21. The van der Waals surface area contributed by atoms with Crippen molar-refractivity contribution in [3.8, 4) is 11.5 Å². The van der Waals surface area contributed by atoms with E-state index in [9.17, 15) is 0 Å². The van der Waals surface area contributed by atoms with Gasteiger partial charge in [-0.2, -0.15) is 0 Å². The fourth-order valence-corrected chi connectivity index (χ4v) is 2.38. The second-order valence-electron chi connectivity index (χ2n) is 4.59. The monoisotopic (exact) mass is 301 g/mol. The van der Waals surface area contributed by atoms with E-state index >= 15 is 0 Å². The van der Waals surface area contributed by atoms with Crippen LogP contribution in [0.2, 0.25) is 0 Å². The Hall–Kier alpha value is -2.97. The molecule has 0 aromatic carbocycles. The van der Waals surface area contributed by atoms with Crippen LogP contribution in [0.4, 0.5) is 5.82 Å². The van der Waals surface area contributed by atoms with Gasteiger partial charge in [0.1, 0.15) is 12.6 Å². The zero-order chi connectivity index (χ0) is 15.7. The number of hydrogen-bond donors (Lipinski definition) is 1. The van der Waals surface area contributed by atoms with Crippen LogP contribution in [0.3, 0.4) is 0 Å². The summed E-state index contributed by atoms with van der Waals surface area (Å²) >= 11 is 0. The first-order valence-corrected chi connectivity index (χ1v) is 6.68. The quantitative estimate of drug-likeness (QED) is 0.572. The number of fused-ring (bicyclic) bond motifs is 1. The lowest BCUT2D eigenvalue weighted by molar-refractivity contribution is 0.213. The molecule has 0 radical (unpaired) electrons. The largest absolute Gasteiger partial charge is 0.399 e. The van der Waals surface area contributed by atoms with Gasteiger partial charge in [-0.25, -0.2) is 9.61 Å². The minimum Gasteiger partial charge on any atom is -0.399 e. The molecule has 0 atom stereocenters. The number of aryl methyl sites for hydroxylation is 1. The van der Waals surface area contributed by atoms with Crippen LogP contribution < -0.4 is 5.73 Å². The second-order valence-corrected chi connectivity index (χ2v) is 4.59. The van der Waals surface area contributed by atoms with Gasteiger partial charge in [0.15, 0.2) is 17.3 Å². The van der Waals surface area contributed by atoms with Crippen molar-refractivity contribution in [2.24, 2.45) is 5.16 Å². The number of imidazole rings is 1. The van der Waals surface area contributed by atoms with Gasteiger partial charge in [0.2, 0.25) is 0 Å². The van der Waals surface area contributed by atoms with Crippen LogP contribution in [-0.4, -0.2) is 37.7 Å². The number of oxime groups is 1. The zero-order valence-corrected chi connectivity index (χ0v) is 12.4. The van der Waals surface area contributed by atoms with Gasteiger partial charge in [0, 0.05) is 18.3 Å². The molecule has 0 bridgehead atoms. The van der Waals surface area contributed by atoms with Crippen LogP contribution in [0, 0.1) is 0 Å². The number of rotatable bonds is 4. The maximum atomic E-state index is 5.78. The van der Waals surface area contributed by atoms with Gasteiger partial charge in [-0.05, 0) is 24.2 Å². The molecule has 22 heavy (non-hydrogen) atoms. The molecule has 0 amide bonds. The Morgan fingerprint density at radius 1 is 1.41 bits per heavy atom. The zero-order valence-electron chi connectivity index (χ0n) is 12.4. The number of anilines is 1. The van der Waals surface area contributed by atoms with Crippen LogP contribution in [0.5, 0.6) is 0 Å². The Morgan fingerprint density at radius 2 is 2.23 bits per heavy atom. The van der Waals surface area contributed by atoms with Gasteiger partial charge in [0.05, 0.1) is 17.4 Å². The van der Waals surface area contributed by atoms with Crippen molar-refractivity contribution in [3.05, 3.63) is 18.0 Å². The normalized spacial score (nSPS) is 12.0. The molecule has 0 saturated heterocycles. The Bertz CT molecular complexity index is 849. The molecule has 0 aliphatic heterocycles. The highest BCUT2D eigenvalue weighted by molar-refractivity contribution is 6.08. The lowest BCUT2D eigenvalue weighted by atomic mass is 10.1. The van der Waals surface area contributed by atoms with Crippen LogP contribution >= 0.6 is 0 Å². The molecule has 0 aliphatic carbocycles. The highest BCUT2D eigenvalue weighted by Gasteiger charge is 2.21. The number of hydrogen-bond acceptors (Lipinski definition) is 8. The molecular formula is C13H15N7O2. The number of nitrogens with two attached hydrogens (primary N) is 1. The molecule has 3 aromatic rings. The first-order valence-electron chi connectivity index (χ1n) is 6.68. The Balaban J connectivity index is 2.32. The van der Waals surface area contributed by atoms with Crippen LogP contribution in [0.1, 0.15) is 19.4 Å². The van der Waals surface area contributed by atoms with E-state index in [1.165, 1.54) is 7.11 Å². The van der Waals surface area contributed by atoms with Crippen molar-refractivity contribution in [2.45, 2.75) is 20.4 Å².